The van der Waals surface area contributed by atoms with Gasteiger partial charge in [0.05, 0.1) is 16.9 Å². The fourth-order valence-electron chi connectivity index (χ4n) is 1.43. The van der Waals surface area contributed by atoms with E-state index in [2.05, 4.69) is 25.8 Å². The van der Waals surface area contributed by atoms with Crippen molar-refractivity contribution in [3.05, 3.63) is 34.4 Å². The maximum absolute atomic E-state index is 6.07. The lowest BCUT2D eigenvalue weighted by atomic mass is 10.3. The van der Waals surface area contributed by atoms with E-state index in [-0.39, 0.29) is 6.04 Å². The minimum absolute atomic E-state index is 0.267. The van der Waals surface area contributed by atoms with E-state index < -0.39 is 0 Å². The number of anilines is 3. The second kappa shape index (κ2) is 6.04. The van der Waals surface area contributed by atoms with Crippen LogP contribution in [0.5, 0.6) is 0 Å². The molecule has 1 aromatic carbocycles. The highest BCUT2D eigenvalue weighted by Crippen LogP contribution is 2.27. The van der Waals surface area contributed by atoms with Gasteiger partial charge in [0.2, 0.25) is 5.95 Å². The number of benzene rings is 1. The van der Waals surface area contributed by atoms with Gasteiger partial charge in [-0.15, -0.1) is 5.10 Å². The minimum atomic E-state index is 0.267. The molecule has 7 heteroatoms. The van der Waals surface area contributed by atoms with Crippen LogP contribution in [-0.2, 0) is 0 Å². The zero-order valence-corrected chi connectivity index (χ0v) is 12.0. The van der Waals surface area contributed by atoms with E-state index in [1.54, 1.807) is 24.4 Å². The molecule has 0 bridgehead atoms. The second-order valence-electron chi connectivity index (χ2n) is 4.21. The van der Waals surface area contributed by atoms with Crippen molar-refractivity contribution < 1.29 is 0 Å². The fraction of sp³-hybridized carbons (Fsp3) is 0.250. The summed E-state index contributed by atoms with van der Waals surface area (Å²) in [5.41, 5.74) is 0.676. The van der Waals surface area contributed by atoms with Gasteiger partial charge in [0, 0.05) is 11.1 Å². The van der Waals surface area contributed by atoms with Crippen LogP contribution in [-0.4, -0.2) is 21.2 Å². The third-order valence-electron chi connectivity index (χ3n) is 2.17. The molecule has 19 heavy (non-hydrogen) atoms. The van der Waals surface area contributed by atoms with Crippen molar-refractivity contribution in [2.75, 3.05) is 10.6 Å². The van der Waals surface area contributed by atoms with Gasteiger partial charge in [-0.25, -0.2) is 0 Å². The lowest BCUT2D eigenvalue weighted by Gasteiger charge is -2.10. The first-order valence-corrected chi connectivity index (χ1v) is 6.48. The number of aromatic nitrogens is 3. The van der Waals surface area contributed by atoms with Crippen molar-refractivity contribution in [1.29, 1.82) is 0 Å². The molecule has 5 nitrogen and oxygen atoms in total. The Kier molecular flexibility index (Phi) is 4.39. The molecule has 100 valence electrons. The van der Waals surface area contributed by atoms with Gasteiger partial charge in [0.15, 0.2) is 5.82 Å². The molecule has 0 aliphatic carbocycles. The Morgan fingerprint density at radius 2 is 2.00 bits per heavy atom. The molecule has 0 spiro atoms. The van der Waals surface area contributed by atoms with Gasteiger partial charge in [-0.1, -0.05) is 23.2 Å². The van der Waals surface area contributed by atoms with E-state index in [4.69, 9.17) is 23.2 Å². The van der Waals surface area contributed by atoms with Crippen molar-refractivity contribution >= 4 is 40.7 Å². The first-order valence-electron chi connectivity index (χ1n) is 5.73. The first-order chi connectivity index (χ1) is 9.04. The standard InChI is InChI=1S/C12H13Cl2N5/c1-7(2)16-11-6-15-19-12(18-11)17-10-4-3-8(13)5-9(10)14/h3-7H,1-2H3,(H2,16,17,18,19). The quantitative estimate of drug-likeness (QED) is 0.900. The van der Waals surface area contributed by atoms with Crippen LogP contribution in [0.25, 0.3) is 0 Å². The monoisotopic (exact) mass is 297 g/mol. The number of halogens is 2. The highest BCUT2D eigenvalue weighted by molar-refractivity contribution is 6.36. The van der Waals surface area contributed by atoms with Crippen molar-refractivity contribution in [3.63, 3.8) is 0 Å². The second-order valence-corrected chi connectivity index (χ2v) is 5.06. The Morgan fingerprint density at radius 3 is 2.68 bits per heavy atom. The zero-order chi connectivity index (χ0) is 13.8. The van der Waals surface area contributed by atoms with Crippen LogP contribution >= 0.6 is 23.2 Å². The third-order valence-corrected chi connectivity index (χ3v) is 2.72. The van der Waals surface area contributed by atoms with Crippen LogP contribution in [0.2, 0.25) is 10.0 Å². The first kappa shape index (κ1) is 13.8. The summed E-state index contributed by atoms with van der Waals surface area (Å²) in [5, 5.41) is 15.0. The minimum Gasteiger partial charge on any atom is -0.366 e. The SMILES string of the molecule is CC(C)Nc1cnnc(Nc2ccc(Cl)cc2Cl)n1. The zero-order valence-electron chi connectivity index (χ0n) is 10.5. The molecule has 0 atom stereocenters. The average molecular weight is 298 g/mol. The lowest BCUT2D eigenvalue weighted by molar-refractivity contribution is 0.873. The smallest absolute Gasteiger partial charge is 0.249 e. The number of nitrogens with one attached hydrogen (secondary N) is 2. The van der Waals surface area contributed by atoms with Crippen LogP contribution in [0.3, 0.4) is 0 Å². The van der Waals surface area contributed by atoms with Gasteiger partial charge >= 0.3 is 0 Å². The molecule has 0 aliphatic rings. The van der Waals surface area contributed by atoms with Crippen LogP contribution < -0.4 is 10.6 Å². The Labute approximate surface area is 121 Å². The maximum atomic E-state index is 6.07. The molecule has 2 rings (SSSR count). The summed E-state index contributed by atoms with van der Waals surface area (Å²) < 4.78 is 0. The van der Waals surface area contributed by atoms with Gasteiger partial charge in [-0.05, 0) is 32.0 Å². The molecule has 2 N–H and O–H groups in total. The van der Waals surface area contributed by atoms with Crippen LogP contribution in [0, 0.1) is 0 Å². The van der Waals surface area contributed by atoms with Gasteiger partial charge in [-0.3, -0.25) is 0 Å². The lowest BCUT2D eigenvalue weighted by Crippen LogP contribution is -2.12. The molecule has 0 saturated heterocycles. The molecule has 2 aromatic rings. The van der Waals surface area contributed by atoms with E-state index in [0.29, 0.717) is 27.5 Å². The maximum Gasteiger partial charge on any atom is 0.249 e. The van der Waals surface area contributed by atoms with E-state index in [1.807, 2.05) is 13.8 Å². The molecule has 1 heterocycles. The molecular formula is C12H13Cl2N5. The summed E-state index contributed by atoms with van der Waals surface area (Å²) in [7, 11) is 0. The van der Waals surface area contributed by atoms with Gasteiger partial charge in [-0.2, -0.15) is 10.1 Å². The summed E-state index contributed by atoms with van der Waals surface area (Å²) in [4.78, 5) is 4.28. The third kappa shape index (κ3) is 3.94. The molecule has 0 radical (unpaired) electrons. The predicted octanol–water partition coefficient (Wildman–Crippen LogP) is 3.74. The van der Waals surface area contributed by atoms with Crippen LogP contribution in [0.15, 0.2) is 24.4 Å². The predicted molar refractivity (Wildman–Crippen MR) is 78.3 cm³/mol. The van der Waals surface area contributed by atoms with Crippen molar-refractivity contribution in [2.45, 2.75) is 19.9 Å². The van der Waals surface area contributed by atoms with Crippen LogP contribution in [0.4, 0.5) is 17.5 Å². The summed E-state index contributed by atoms with van der Waals surface area (Å²) in [6, 6.07) is 5.41. The largest absolute Gasteiger partial charge is 0.366 e. The fourth-order valence-corrected chi connectivity index (χ4v) is 1.89. The number of hydrogen-bond donors (Lipinski definition) is 2. The van der Waals surface area contributed by atoms with Gasteiger partial charge < -0.3 is 10.6 Å². The summed E-state index contributed by atoms with van der Waals surface area (Å²) >= 11 is 11.9. The Hall–Kier alpha value is -1.59. The summed E-state index contributed by atoms with van der Waals surface area (Å²) in [6.07, 6.45) is 1.56. The van der Waals surface area contributed by atoms with Gasteiger partial charge in [0.25, 0.3) is 0 Å². The average Bonchev–Trinajstić information content (AvgIpc) is 2.32. The molecule has 0 aliphatic heterocycles. The molecule has 0 amide bonds. The summed E-state index contributed by atoms with van der Waals surface area (Å²) in [5.74, 6) is 1.02. The van der Waals surface area contributed by atoms with E-state index in [1.165, 1.54) is 0 Å². The molecular weight excluding hydrogens is 285 g/mol. The number of rotatable bonds is 4. The Morgan fingerprint density at radius 1 is 1.21 bits per heavy atom. The molecule has 0 saturated carbocycles. The number of hydrogen-bond acceptors (Lipinski definition) is 5. The van der Waals surface area contributed by atoms with Crippen molar-refractivity contribution in [1.82, 2.24) is 15.2 Å². The molecule has 0 unspecified atom stereocenters. The topological polar surface area (TPSA) is 62.7 Å². The normalized spacial score (nSPS) is 10.6. The highest BCUT2D eigenvalue weighted by Gasteiger charge is 2.05. The number of nitrogens with zero attached hydrogens (tertiary/aromatic N) is 3. The Balaban J connectivity index is 2.18. The van der Waals surface area contributed by atoms with Crippen molar-refractivity contribution in [3.8, 4) is 0 Å². The van der Waals surface area contributed by atoms with Gasteiger partial charge in [0.1, 0.15) is 0 Å². The Bertz CT molecular complexity index is 574. The highest BCUT2D eigenvalue weighted by atomic mass is 35.5. The van der Waals surface area contributed by atoms with Crippen molar-refractivity contribution in [2.24, 2.45) is 0 Å². The van der Waals surface area contributed by atoms with Crippen LogP contribution in [0.1, 0.15) is 13.8 Å². The van der Waals surface area contributed by atoms with E-state index >= 15 is 0 Å². The molecule has 0 fully saturated rings. The van der Waals surface area contributed by atoms with E-state index in [0.717, 1.165) is 0 Å². The molecule has 1 aromatic heterocycles. The summed E-state index contributed by atoms with van der Waals surface area (Å²) in [6.45, 7) is 4.04. The van der Waals surface area contributed by atoms with E-state index in [9.17, 15) is 0 Å².